The van der Waals surface area contributed by atoms with Crippen molar-refractivity contribution in [2.75, 3.05) is 6.26 Å². The molecular weight excluding hydrogens is 164 g/mol. The van der Waals surface area contributed by atoms with Crippen molar-refractivity contribution < 1.29 is 8.42 Å². The van der Waals surface area contributed by atoms with Crippen molar-refractivity contribution in [3.8, 4) is 0 Å². The lowest BCUT2D eigenvalue weighted by Gasteiger charge is -2.09. The van der Waals surface area contributed by atoms with E-state index in [1.54, 1.807) is 6.21 Å². The second-order valence-corrected chi connectivity index (χ2v) is 5.21. The summed E-state index contributed by atoms with van der Waals surface area (Å²) in [5.74, 6) is 0. The van der Waals surface area contributed by atoms with Gasteiger partial charge >= 0.3 is 0 Å². The predicted octanol–water partition coefficient (Wildman–Crippen LogP) is 0.568. The topological polar surface area (TPSA) is 58.5 Å². The zero-order valence-electron chi connectivity index (χ0n) is 7.25. The molecule has 0 unspecified atom stereocenters. The summed E-state index contributed by atoms with van der Waals surface area (Å²) >= 11 is 0. The van der Waals surface area contributed by atoms with E-state index in [-0.39, 0.29) is 5.41 Å². The molecule has 0 aliphatic heterocycles. The molecule has 0 aliphatic rings. The molecule has 1 N–H and O–H groups in total. The fourth-order valence-corrected chi connectivity index (χ4v) is 0.560. The summed E-state index contributed by atoms with van der Waals surface area (Å²) in [6, 6.07) is 0. The van der Waals surface area contributed by atoms with E-state index in [9.17, 15) is 8.42 Å². The highest BCUT2D eigenvalue weighted by molar-refractivity contribution is 7.88. The molecule has 0 rings (SSSR count). The molecule has 0 spiro atoms. The van der Waals surface area contributed by atoms with Crippen LogP contribution in [-0.2, 0) is 10.0 Å². The van der Waals surface area contributed by atoms with Crippen molar-refractivity contribution in [1.29, 1.82) is 0 Å². The van der Waals surface area contributed by atoms with Gasteiger partial charge in [-0.3, -0.25) is 0 Å². The van der Waals surface area contributed by atoms with Gasteiger partial charge in [0.25, 0.3) is 0 Å². The number of nitrogens with zero attached hydrogens (tertiary/aromatic N) is 1. The molecule has 11 heavy (non-hydrogen) atoms. The minimum Gasteiger partial charge on any atom is -0.206 e. The first-order valence-electron chi connectivity index (χ1n) is 3.22. The van der Waals surface area contributed by atoms with Gasteiger partial charge < -0.3 is 0 Å². The SMILES string of the molecule is CC(C)(C)/C=N/NS(C)(=O)=O. The Morgan fingerprint density at radius 3 is 2.09 bits per heavy atom. The molecule has 0 bridgehead atoms. The van der Waals surface area contributed by atoms with Crippen molar-refractivity contribution in [3.63, 3.8) is 0 Å². The van der Waals surface area contributed by atoms with Crippen LogP contribution in [0.15, 0.2) is 5.10 Å². The molecule has 0 atom stereocenters. The van der Waals surface area contributed by atoms with Gasteiger partial charge in [0.05, 0.1) is 6.26 Å². The molecule has 0 aromatic heterocycles. The number of hydrazone groups is 1. The van der Waals surface area contributed by atoms with Crippen LogP contribution >= 0.6 is 0 Å². The van der Waals surface area contributed by atoms with Gasteiger partial charge in [-0.25, -0.2) is 13.2 Å². The molecule has 0 saturated heterocycles. The Morgan fingerprint density at radius 2 is 1.82 bits per heavy atom. The number of hydrogen-bond donors (Lipinski definition) is 1. The van der Waals surface area contributed by atoms with Crippen LogP contribution in [0.3, 0.4) is 0 Å². The second-order valence-electron chi connectivity index (χ2n) is 3.49. The summed E-state index contributed by atoms with van der Waals surface area (Å²) in [7, 11) is -3.19. The van der Waals surface area contributed by atoms with Crippen molar-refractivity contribution >= 4 is 16.2 Å². The number of nitrogens with one attached hydrogen (secondary N) is 1. The lowest BCUT2D eigenvalue weighted by molar-refractivity contribution is 0.584. The third kappa shape index (κ3) is 9.42. The van der Waals surface area contributed by atoms with Crippen molar-refractivity contribution in [2.45, 2.75) is 20.8 Å². The van der Waals surface area contributed by atoms with E-state index >= 15 is 0 Å². The summed E-state index contributed by atoms with van der Waals surface area (Å²) in [5.41, 5.74) is -0.0995. The molecule has 0 aromatic carbocycles. The first kappa shape index (κ1) is 10.4. The van der Waals surface area contributed by atoms with E-state index in [0.717, 1.165) is 6.26 Å². The minimum atomic E-state index is -3.19. The summed E-state index contributed by atoms with van der Waals surface area (Å²) < 4.78 is 21.0. The summed E-state index contributed by atoms with van der Waals surface area (Å²) in [6.07, 6.45) is 2.61. The first-order chi connectivity index (χ1) is 4.71. The summed E-state index contributed by atoms with van der Waals surface area (Å²) in [6.45, 7) is 5.79. The van der Waals surface area contributed by atoms with Gasteiger partial charge in [-0.1, -0.05) is 20.8 Å². The van der Waals surface area contributed by atoms with Crippen LogP contribution in [0.1, 0.15) is 20.8 Å². The highest BCUT2D eigenvalue weighted by Gasteiger charge is 2.05. The number of hydrogen-bond acceptors (Lipinski definition) is 3. The van der Waals surface area contributed by atoms with Gasteiger partial charge in [0, 0.05) is 6.21 Å². The van der Waals surface area contributed by atoms with E-state index in [1.807, 2.05) is 25.6 Å². The Bertz CT molecular complexity index is 236. The van der Waals surface area contributed by atoms with Crippen molar-refractivity contribution in [1.82, 2.24) is 4.83 Å². The maximum absolute atomic E-state index is 10.5. The third-order valence-corrected chi connectivity index (χ3v) is 1.11. The average Bonchev–Trinajstić information content (AvgIpc) is 1.55. The van der Waals surface area contributed by atoms with Gasteiger partial charge in [-0.15, -0.1) is 0 Å². The van der Waals surface area contributed by atoms with Crippen LogP contribution < -0.4 is 4.83 Å². The zero-order chi connectivity index (χ0) is 9.12. The van der Waals surface area contributed by atoms with Gasteiger partial charge in [0.15, 0.2) is 0 Å². The summed E-state index contributed by atoms with van der Waals surface area (Å²) in [5, 5.41) is 3.55. The van der Waals surface area contributed by atoms with Crippen LogP contribution in [-0.4, -0.2) is 20.9 Å². The normalized spacial score (nSPS) is 13.8. The van der Waals surface area contributed by atoms with E-state index < -0.39 is 10.0 Å². The standard InChI is InChI=1S/C6H14N2O2S/c1-6(2,3)5-7-8-11(4,9)10/h5,8H,1-4H3/b7-5+. The van der Waals surface area contributed by atoms with E-state index in [2.05, 4.69) is 5.10 Å². The highest BCUT2D eigenvalue weighted by atomic mass is 32.2. The molecule has 66 valence electrons. The number of sulfonamides is 1. The summed E-state index contributed by atoms with van der Waals surface area (Å²) in [4.78, 5) is 2.02. The van der Waals surface area contributed by atoms with Gasteiger partial charge in [-0.05, 0) is 5.41 Å². The molecule has 4 nitrogen and oxygen atoms in total. The Morgan fingerprint density at radius 1 is 1.36 bits per heavy atom. The highest BCUT2D eigenvalue weighted by Crippen LogP contribution is 2.07. The molecular formula is C6H14N2O2S. The lowest BCUT2D eigenvalue weighted by atomic mass is 9.99. The molecule has 0 aliphatic carbocycles. The Labute approximate surface area is 67.7 Å². The zero-order valence-corrected chi connectivity index (χ0v) is 8.07. The third-order valence-electron chi connectivity index (χ3n) is 0.670. The molecule has 0 heterocycles. The van der Waals surface area contributed by atoms with Crippen molar-refractivity contribution in [2.24, 2.45) is 10.5 Å². The maximum atomic E-state index is 10.5. The number of rotatable bonds is 2. The van der Waals surface area contributed by atoms with Crippen LogP contribution in [0.25, 0.3) is 0 Å². The van der Waals surface area contributed by atoms with Gasteiger partial charge in [0.2, 0.25) is 10.0 Å². The molecule has 0 aromatic rings. The van der Waals surface area contributed by atoms with Crippen LogP contribution in [0, 0.1) is 5.41 Å². The predicted molar refractivity (Wildman–Crippen MR) is 45.9 cm³/mol. The lowest BCUT2D eigenvalue weighted by Crippen LogP contribution is -2.18. The Balaban J connectivity index is 4.00. The average molecular weight is 178 g/mol. The smallest absolute Gasteiger partial charge is 0.206 e. The molecule has 0 amide bonds. The minimum absolute atomic E-state index is 0.0995. The molecule has 0 radical (unpaired) electrons. The fourth-order valence-electron chi connectivity index (χ4n) is 0.316. The maximum Gasteiger partial charge on any atom is 0.244 e. The van der Waals surface area contributed by atoms with E-state index in [0.29, 0.717) is 0 Å². The van der Waals surface area contributed by atoms with Crippen LogP contribution in [0.2, 0.25) is 0 Å². The largest absolute Gasteiger partial charge is 0.244 e. The Hall–Kier alpha value is -0.580. The fraction of sp³-hybridized carbons (Fsp3) is 0.833. The molecule has 5 heteroatoms. The van der Waals surface area contributed by atoms with Gasteiger partial charge in [0.1, 0.15) is 0 Å². The Kier molecular flexibility index (Phi) is 3.04. The van der Waals surface area contributed by atoms with Crippen LogP contribution in [0.4, 0.5) is 0 Å². The van der Waals surface area contributed by atoms with E-state index in [4.69, 9.17) is 0 Å². The monoisotopic (exact) mass is 178 g/mol. The quantitative estimate of drug-likeness (QED) is 0.496. The van der Waals surface area contributed by atoms with E-state index in [1.165, 1.54) is 0 Å². The molecule has 0 saturated carbocycles. The second kappa shape index (κ2) is 3.21. The van der Waals surface area contributed by atoms with Gasteiger partial charge in [-0.2, -0.15) is 5.10 Å². The van der Waals surface area contributed by atoms with Crippen molar-refractivity contribution in [3.05, 3.63) is 0 Å². The van der Waals surface area contributed by atoms with Crippen LogP contribution in [0.5, 0.6) is 0 Å². The first-order valence-corrected chi connectivity index (χ1v) is 5.11. The molecule has 0 fully saturated rings.